The van der Waals surface area contributed by atoms with Gasteiger partial charge in [0, 0.05) is 0 Å². The minimum Gasteiger partial charge on any atom is -0.869 e. The maximum atomic E-state index is 10.9. The van der Waals surface area contributed by atoms with Crippen molar-refractivity contribution in [2.24, 2.45) is 10.4 Å². The van der Waals surface area contributed by atoms with Crippen molar-refractivity contribution in [2.75, 3.05) is 0 Å². The number of rotatable bonds is 2. The number of nitroso groups, excluding NO2 is 2. The molecule has 1 N–H and O–H groups in total. The maximum Gasteiger partial charge on any atom is 1.00 e. The molecule has 1 aromatic rings. The summed E-state index contributed by atoms with van der Waals surface area (Å²) in [4.78, 5) is 19.9. The van der Waals surface area contributed by atoms with Gasteiger partial charge in [0.25, 0.3) is 0 Å². The van der Waals surface area contributed by atoms with E-state index < -0.39 is 22.9 Å². The summed E-state index contributed by atoms with van der Waals surface area (Å²) in [7, 11) is 0. The van der Waals surface area contributed by atoms with Crippen LogP contribution in [0, 0.1) is 9.81 Å². The second-order valence-corrected chi connectivity index (χ2v) is 1.96. The molecule has 0 aromatic heterocycles. The normalized spacial score (nSPS) is 8.62. The van der Waals surface area contributed by atoms with Crippen LogP contribution >= 0.6 is 0 Å². The van der Waals surface area contributed by atoms with Crippen LogP contribution in [0.4, 0.5) is 11.4 Å². The van der Waals surface area contributed by atoms with E-state index in [4.69, 9.17) is 5.11 Å². The fraction of sp³-hybridized carbons (Fsp3) is 0. The average Bonchev–Trinajstić information content (AvgIpc) is 2.06. The molecule has 6 nitrogen and oxygen atoms in total. The smallest absolute Gasteiger partial charge is 0.869 e. The van der Waals surface area contributed by atoms with Crippen molar-refractivity contribution in [3.8, 4) is 11.5 Å². The van der Waals surface area contributed by atoms with Gasteiger partial charge in [-0.15, -0.1) is 9.81 Å². The van der Waals surface area contributed by atoms with Crippen molar-refractivity contribution in [2.45, 2.75) is 0 Å². The Labute approximate surface area is 94.8 Å². The fourth-order valence-corrected chi connectivity index (χ4v) is 0.710. The van der Waals surface area contributed by atoms with Crippen LogP contribution in [0.1, 0.15) is 0 Å². The molecule has 62 valence electrons. The van der Waals surface area contributed by atoms with Crippen LogP contribution < -0.4 is 34.7 Å². The molecule has 0 aliphatic carbocycles. The predicted molar refractivity (Wildman–Crippen MR) is 38.5 cm³/mol. The second-order valence-electron chi connectivity index (χ2n) is 1.96. The Morgan fingerprint density at radius 3 is 2.31 bits per heavy atom. The summed E-state index contributed by atoms with van der Waals surface area (Å²) in [6.45, 7) is 0. The van der Waals surface area contributed by atoms with Gasteiger partial charge in [0.1, 0.15) is 17.1 Å². The van der Waals surface area contributed by atoms with E-state index in [1.165, 1.54) is 0 Å². The van der Waals surface area contributed by atoms with Crippen molar-refractivity contribution >= 4 is 11.4 Å². The SMILES string of the molecule is O=Nc1ccc(O)c(N=O)c1[O-].[Na+]. The predicted octanol–water partition coefficient (Wildman–Crippen LogP) is -1.73. The van der Waals surface area contributed by atoms with Gasteiger partial charge in [-0.3, -0.25) is 0 Å². The van der Waals surface area contributed by atoms with Gasteiger partial charge in [0.15, 0.2) is 0 Å². The minimum atomic E-state index is -0.958. The van der Waals surface area contributed by atoms with E-state index in [-0.39, 0.29) is 29.6 Å². The number of benzene rings is 1. The van der Waals surface area contributed by atoms with Crippen LogP contribution in [0.3, 0.4) is 0 Å². The second kappa shape index (κ2) is 4.90. The van der Waals surface area contributed by atoms with E-state index >= 15 is 0 Å². The molecule has 0 spiro atoms. The summed E-state index contributed by atoms with van der Waals surface area (Å²) in [5, 5.41) is 24.4. The van der Waals surface area contributed by atoms with E-state index in [1.54, 1.807) is 0 Å². The Hall–Kier alpha value is -0.980. The molecule has 0 fully saturated rings. The van der Waals surface area contributed by atoms with Crippen LogP contribution in [-0.4, -0.2) is 5.11 Å². The van der Waals surface area contributed by atoms with E-state index in [0.29, 0.717) is 0 Å². The summed E-state index contributed by atoms with van der Waals surface area (Å²) in [6.07, 6.45) is 0. The van der Waals surface area contributed by atoms with Crippen LogP contribution in [-0.2, 0) is 0 Å². The first-order valence-corrected chi connectivity index (χ1v) is 2.90. The number of nitrogens with zero attached hydrogens (tertiary/aromatic N) is 2. The molecule has 7 heteroatoms. The van der Waals surface area contributed by atoms with Crippen molar-refractivity contribution in [3.05, 3.63) is 21.9 Å². The fourth-order valence-electron chi connectivity index (χ4n) is 0.710. The molecule has 0 saturated carbocycles. The van der Waals surface area contributed by atoms with E-state index in [9.17, 15) is 14.9 Å². The number of hydrogen-bond donors (Lipinski definition) is 1. The van der Waals surface area contributed by atoms with Crippen LogP contribution in [0.2, 0.25) is 0 Å². The number of phenols is 1. The third-order valence-electron chi connectivity index (χ3n) is 1.28. The Kier molecular flexibility index (Phi) is 4.53. The van der Waals surface area contributed by atoms with Gasteiger partial charge in [-0.05, 0) is 28.2 Å². The summed E-state index contributed by atoms with van der Waals surface area (Å²) in [5.74, 6) is -1.51. The van der Waals surface area contributed by atoms with E-state index in [2.05, 4.69) is 10.4 Å². The topological polar surface area (TPSA) is 102 Å². The molecule has 1 aromatic carbocycles. The molecule has 0 aliphatic heterocycles. The van der Waals surface area contributed by atoms with Gasteiger partial charge < -0.3 is 10.2 Å². The van der Waals surface area contributed by atoms with Gasteiger partial charge in [-0.25, -0.2) is 0 Å². The zero-order valence-electron chi connectivity index (χ0n) is 6.72. The maximum absolute atomic E-state index is 10.9. The van der Waals surface area contributed by atoms with Gasteiger partial charge in [-0.1, -0.05) is 0 Å². The molecule has 0 bridgehead atoms. The van der Waals surface area contributed by atoms with Gasteiger partial charge in [0.2, 0.25) is 0 Å². The summed E-state index contributed by atoms with van der Waals surface area (Å²) >= 11 is 0. The average molecular weight is 190 g/mol. The molecule has 0 radical (unpaired) electrons. The quantitative estimate of drug-likeness (QED) is 0.441. The standard InChI is InChI=1S/C6H4N2O4.Na/c9-4-2-1-3(7-11)6(10)5(4)8-12;/h1-2,9-10H;/q;+1/p-1. The largest absolute Gasteiger partial charge is 1.00 e. The van der Waals surface area contributed by atoms with Crippen molar-refractivity contribution in [1.29, 1.82) is 0 Å². The van der Waals surface area contributed by atoms with Crippen LogP contribution in [0.15, 0.2) is 22.5 Å². The summed E-state index contributed by atoms with van der Waals surface area (Å²) in [6, 6.07) is 2.02. The third-order valence-corrected chi connectivity index (χ3v) is 1.28. The Morgan fingerprint density at radius 2 is 1.85 bits per heavy atom. The first kappa shape index (κ1) is 12.0. The van der Waals surface area contributed by atoms with Crippen LogP contribution in [0.5, 0.6) is 11.5 Å². The van der Waals surface area contributed by atoms with Crippen molar-refractivity contribution in [1.82, 2.24) is 0 Å². The molecule has 0 aliphatic rings. The molecular formula is C6H3N2NaO4. The van der Waals surface area contributed by atoms with Gasteiger partial charge >= 0.3 is 29.6 Å². The molecule has 0 atom stereocenters. The van der Waals surface area contributed by atoms with Crippen molar-refractivity contribution < 1.29 is 39.8 Å². The molecule has 0 unspecified atom stereocenters. The monoisotopic (exact) mass is 190 g/mol. The zero-order chi connectivity index (χ0) is 9.14. The summed E-state index contributed by atoms with van der Waals surface area (Å²) < 4.78 is 0. The number of hydrogen-bond acceptors (Lipinski definition) is 6. The van der Waals surface area contributed by atoms with Crippen molar-refractivity contribution in [3.63, 3.8) is 0 Å². The molecule has 13 heavy (non-hydrogen) atoms. The zero-order valence-corrected chi connectivity index (χ0v) is 8.72. The Bertz CT molecular complexity index is 342. The first-order chi connectivity index (χ1) is 5.70. The Morgan fingerprint density at radius 1 is 1.23 bits per heavy atom. The third kappa shape index (κ3) is 2.24. The van der Waals surface area contributed by atoms with E-state index in [0.717, 1.165) is 12.1 Å². The molecule has 0 saturated heterocycles. The molecule has 0 heterocycles. The van der Waals surface area contributed by atoms with Gasteiger partial charge in [-0.2, -0.15) is 0 Å². The minimum absolute atomic E-state index is 0. The number of phenolic OH excluding ortho intramolecular Hbond substituents is 1. The Balaban J connectivity index is 0.00000144. The van der Waals surface area contributed by atoms with Crippen LogP contribution in [0.25, 0.3) is 0 Å². The van der Waals surface area contributed by atoms with E-state index in [1.807, 2.05) is 0 Å². The number of aromatic hydroxyl groups is 1. The summed E-state index contributed by atoms with van der Waals surface area (Å²) in [5.41, 5.74) is -1.13. The first-order valence-electron chi connectivity index (χ1n) is 2.90. The molecule has 1 rings (SSSR count). The molecule has 0 amide bonds. The molecular weight excluding hydrogens is 187 g/mol. The van der Waals surface area contributed by atoms with Gasteiger partial charge in [0.05, 0.1) is 0 Å².